The van der Waals surface area contributed by atoms with E-state index in [2.05, 4.69) is 9.97 Å². The Labute approximate surface area is 64.5 Å². The number of nitrogens with zero attached hydrogens (tertiary/aromatic N) is 1. The Balaban J connectivity index is 3.33. The Bertz CT molecular complexity index is 303. The fraction of sp³-hybridized carbons (Fsp3) is 0.429. The van der Waals surface area contributed by atoms with Gasteiger partial charge in [-0.25, -0.2) is 4.98 Å². The molecular formula is C7H11N3O. The third-order valence-corrected chi connectivity index (χ3v) is 1.50. The Morgan fingerprint density at radius 2 is 2.27 bits per heavy atom. The van der Waals surface area contributed by atoms with Crippen LogP contribution in [0.4, 0.5) is 5.82 Å². The van der Waals surface area contributed by atoms with Gasteiger partial charge in [0.1, 0.15) is 5.82 Å². The van der Waals surface area contributed by atoms with Crippen molar-refractivity contribution in [3.05, 3.63) is 22.2 Å². The van der Waals surface area contributed by atoms with Gasteiger partial charge >= 0.3 is 0 Å². The van der Waals surface area contributed by atoms with E-state index in [1.165, 1.54) is 6.33 Å². The molecule has 0 spiro atoms. The Morgan fingerprint density at radius 3 is 2.64 bits per heavy atom. The maximum atomic E-state index is 11.1. The summed E-state index contributed by atoms with van der Waals surface area (Å²) in [5, 5.41) is 0. The van der Waals surface area contributed by atoms with Gasteiger partial charge in [0.05, 0.1) is 11.9 Å². The normalized spacial score (nSPS) is 10.5. The van der Waals surface area contributed by atoms with Crippen LogP contribution in [-0.2, 0) is 0 Å². The number of nitrogens with two attached hydrogens (primary N) is 1. The molecule has 11 heavy (non-hydrogen) atoms. The molecule has 0 amide bonds. The monoisotopic (exact) mass is 153 g/mol. The summed E-state index contributed by atoms with van der Waals surface area (Å²) < 4.78 is 0. The van der Waals surface area contributed by atoms with Crippen molar-refractivity contribution >= 4 is 5.82 Å². The van der Waals surface area contributed by atoms with Gasteiger partial charge in [0.25, 0.3) is 5.56 Å². The molecule has 1 aromatic heterocycles. The van der Waals surface area contributed by atoms with E-state index in [1.54, 1.807) is 0 Å². The number of H-pyrrole nitrogens is 1. The van der Waals surface area contributed by atoms with Crippen LogP contribution in [-0.4, -0.2) is 9.97 Å². The summed E-state index contributed by atoms with van der Waals surface area (Å²) >= 11 is 0. The van der Waals surface area contributed by atoms with Gasteiger partial charge in [0, 0.05) is 0 Å². The predicted octanol–water partition coefficient (Wildman–Crippen LogP) is 0.476. The Morgan fingerprint density at radius 1 is 1.64 bits per heavy atom. The second kappa shape index (κ2) is 2.74. The van der Waals surface area contributed by atoms with Crippen molar-refractivity contribution < 1.29 is 0 Å². The van der Waals surface area contributed by atoms with Crippen LogP contribution in [0.3, 0.4) is 0 Å². The molecule has 1 aromatic rings. The number of hydrogen-bond acceptors (Lipinski definition) is 3. The van der Waals surface area contributed by atoms with Crippen molar-refractivity contribution in [3.8, 4) is 0 Å². The smallest absolute Gasteiger partial charge is 0.256 e. The van der Waals surface area contributed by atoms with Crippen LogP contribution in [0.15, 0.2) is 11.1 Å². The molecule has 0 fully saturated rings. The van der Waals surface area contributed by atoms with Crippen LogP contribution in [0.1, 0.15) is 25.3 Å². The van der Waals surface area contributed by atoms with Gasteiger partial charge in [-0.05, 0) is 5.92 Å². The number of hydrogen-bond donors (Lipinski definition) is 2. The van der Waals surface area contributed by atoms with Crippen LogP contribution >= 0.6 is 0 Å². The zero-order valence-corrected chi connectivity index (χ0v) is 6.59. The minimum Gasteiger partial charge on any atom is -0.383 e. The average Bonchev–Trinajstić information content (AvgIpc) is 1.85. The zero-order valence-electron chi connectivity index (χ0n) is 6.59. The maximum Gasteiger partial charge on any atom is 0.256 e. The highest BCUT2D eigenvalue weighted by Gasteiger charge is 2.08. The molecule has 0 aromatic carbocycles. The first-order valence-electron chi connectivity index (χ1n) is 3.46. The highest BCUT2D eigenvalue weighted by atomic mass is 16.1. The van der Waals surface area contributed by atoms with E-state index >= 15 is 0 Å². The molecule has 0 aliphatic rings. The summed E-state index contributed by atoms with van der Waals surface area (Å²) in [6, 6.07) is 0. The predicted molar refractivity (Wildman–Crippen MR) is 43.4 cm³/mol. The lowest BCUT2D eigenvalue weighted by atomic mass is 10.1. The third kappa shape index (κ3) is 1.39. The van der Waals surface area contributed by atoms with E-state index < -0.39 is 0 Å². The standard InChI is InChI=1S/C7H11N3O/c1-4(2)5-6(8)9-3-10-7(5)11/h3-4H,1-2H3,(H3,8,9,10,11). The van der Waals surface area contributed by atoms with Crippen molar-refractivity contribution in [2.24, 2.45) is 0 Å². The molecule has 0 atom stereocenters. The summed E-state index contributed by atoms with van der Waals surface area (Å²) in [5.74, 6) is 0.441. The first-order chi connectivity index (χ1) is 5.13. The lowest BCUT2D eigenvalue weighted by Gasteiger charge is -2.04. The number of nitrogen functional groups attached to an aromatic ring is 1. The Hall–Kier alpha value is -1.32. The van der Waals surface area contributed by atoms with E-state index in [0.717, 1.165) is 0 Å². The van der Waals surface area contributed by atoms with E-state index in [4.69, 9.17) is 5.73 Å². The maximum absolute atomic E-state index is 11.1. The molecule has 4 nitrogen and oxygen atoms in total. The molecule has 0 bridgehead atoms. The van der Waals surface area contributed by atoms with Crippen molar-refractivity contribution in [2.45, 2.75) is 19.8 Å². The van der Waals surface area contributed by atoms with Crippen LogP contribution < -0.4 is 11.3 Å². The highest BCUT2D eigenvalue weighted by Crippen LogP contribution is 2.12. The SMILES string of the molecule is CC(C)c1c(N)nc[nH]c1=O. The molecular weight excluding hydrogens is 142 g/mol. The van der Waals surface area contributed by atoms with Crippen LogP contribution in [0.25, 0.3) is 0 Å². The number of aromatic nitrogens is 2. The topological polar surface area (TPSA) is 71.8 Å². The van der Waals surface area contributed by atoms with Gasteiger partial charge < -0.3 is 10.7 Å². The number of nitrogens with one attached hydrogen (secondary N) is 1. The van der Waals surface area contributed by atoms with E-state index in [0.29, 0.717) is 11.4 Å². The average molecular weight is 153 g/mol. The molecule has 4 heteroatoms. The minimum atomic E-state index is -0.146. The molecule has 1 rings (SSSR count). The molecule has 0 radical (unpaired) electrons. The van der Waals surface area contributed by atoms with Crippen molar-refractivity contribution in [1.29, 1.82) is 0 Å². The third-order valence-electron chi connectivity index (χ3n) is 1.50. The van der Waals surface area contributed by atoms with Gasteiger partial charge in [0.2, 0.25) is 0 Å². The van der Waals surface area contributed by atoms with Gasteiger partial charge in [-0.3, -0.25) is 4.79 Å². The summed E-state index contributed by atoms with van der Waals surface area (Å²) in [6.45, 7) is 3.81. The molecule has 0 saturated heterocycles. The summed E-state index contributed by atoms with van der Waals surface area (Å²) in [4.78, 5) is 17.4. The van der Waals surface area contributed by atoms with Crippen LogP contribution in [0.2, 0.25) is 0 Å². The first-order valence-corrected chi connectivity index (χ1v) is 3.46. The largest absolute Gasteiger partial charge is 0.383 e. The minimum absolute atomic E-state index is 0.118. The van der Waals surface area contributed by atoms with Crippen LogP contribution in [0, 0.1) is 0 Å². The summed E-state index contributed by atoms with van der Waals surface area (Å²) in [6.07, 6.45) is 1.31. The number of aromatic amines is 1. The second-order valence-electron chi connectivity index (χ2n) is 2.69. The van der Waals surface area contributed by atoms with Gasteiger partial charge in [-0.1, -0.05) is 13.8 Å². The number of anilines is 1. The van der Waals surface area contributed by atoms with Crippen molar-refractivity contribution in [1.82, 2.24) is 9.97 Å². The second-order valence-corrected chi connectivity index (χ2v) is 2.69. The highest BCUT2D eigenvalue weighted by molar-refractivity contribution is 5.38. The molecule has 3 N–H and O–H groups in total. The Kier molecular flexibility index (Phi) is 1.94. The lowest BCUT2D eigenvalue weighted by Crippen LogP contribution is -2.17. The fourth-order valence-corrected chi connectivity index (χ4v) is 0.982. The lowest BCUT2D eigenvalue weighted by molar-refractivity contribution is 0.835. The first kappa shape index (κ1) is 7.78. The zero-order chi connectivity index (χ0) is 8.43. The van der Waals surface area contributed by atoms with Gasteiger partial charge in [-0.15, -0.1) is 0 Å². The van der Waals surface area contributed by atoms with Gasteiger partial charge in [-0.2, -0.15) is 0 Å². The molecule has 0 aliphatic carbocycles. The van der Waals surface area contributed by atoms with Crippen molar-refractivity contribution in [3.63, 3.8) is 0 Å². The molecule has 60 valence electrons. The fourth-order valence-electron chi connectivity index (χ4n) is 0.982. The van der Waals surface area contributed by atoms with E-state index in [9.17, 15) is 4.79 Å². The van der Waals surface area contributed by atoms with Crippen LogP contribution in [0.5, 0.6) is 0 Å². The molecule has 1 heterocycles. The quantitative estimate of drug-likeness (QED) is 0.616. The van der Waals surface area contributed by atoms with Crippen molar-refractivity contribution in [2.75, 3.05) is 5.73 Å². The van der Waals surface area contributed by atoms with E-state index in [-0.39, 0.29) is 11.5 Å². The number of rotatable bonds is 1. The van der Waals surface area contributed by atoms with E-state index in [1.807, 2.05) is 13.8 Å². The molecule has 0 saturated carbocycles. The van der Waals surface area contributed by atoms with Gasteiger partial charge in [0.15, 0.2) is 0 Å². The molecule has 0 aliphatic heterocycles. The molecule has 0 unspecified atom stereocenters. The summed E-state index contributed by atoms with van der Waals surface area (Å²) in [5.41, 5.74) is 5.91. The summed E-state index contributed by atoms with van der Waals surface area (Å²) in [7, 11) is 0.